The van der Waals surface area contributed by atoms with Crippen molar-refractivity contribution >= 4 is 38.6 Å². The zero-order valence-electron chi connectivity index (χ0n) is 17.8. The van der Waals surface area contributed by atoms with Gasteiger partial charge >= 0.3 is 11.6 Å². The first kappa shape index (κ1) is 24.0. The van der Waals surface area contributed by atoms with Crippen molar-refractivity contribution in [3.8, 4) is 5.75 Å². The number of esters is 1. The van der Waals surface area contributed by atoms with Crippen molar-refractivity contribution < 1.29 is 22.4 Å². The van der Waals surface area contributed by atoms with Crippen molar-refractivity contribution in [2.24, 2.45) is 0 Å². The van der Waals surface area contributed by atoms with Crippen LogP contribution in [0.15, 0.2) is 56.6 Å². The van der Waals surface area contributed by atoms with E-state index in [0.717, 1.165) is 24.0 Å². The Kier molecular flexibility index (Phi) is 7.71. The monoisotopic (exact) mass is 477 g/mol. The Morgan fingerprint density at radius 3 is 2.56 bits per heavy atom. The van der Waals surface area contributed by atoms with Gasteiger partial charge in [-0.25, -0.2) is 17.9 Å². The number of ether oxygens (including phenoxy) is 1. The van der Waals surface area contributed by atoms with Gasteiger partial charge in [-0.05, 0) is 43.5 Å². The van der Waals surface area contributed by atoms with Crippen molar-refractivity contribution in [3.05, 3.63) is 69.0 Å². The Labute approximate surface area is 191 Å². The molecule has 0 spiro atoms. The van der Waals surface area contributed by atoms with Crippen LogP contribution in [0, 0.1) is 6.92 Å². The van der Waals surface area contributed by atoms with Gasteiger partial charge in [0.05, 0.1) is 16.3 Å². The molecule has 0 aliphatic carbocycles. The number of halogens is 1. The fourth-order valence-electron chi connectivity index (χ4n) is 3.14. The van der Waals surface area contributed by atoms with Gasteiger partial charge < -0.3 is 9.15 Å². The molecule has 0 saturated heterocycles. The lowest BCUT2D eigenvalue weighted by Crippen LogP contribution is -2.27. The Morgan fingerprint density at radius 1 is 1.16 bits per heavy atom. The average molecular weight is 478 g/mol. The molecule has 0 radical (unpaired) electrons. The first-order valence-corrected chi connectivity index (χ1v) is 12.1. The lowest BCUT2D eigenvalue weighted by atomic mass is 10.0. The van der Waals surface area contributed by atoms with Gasteiger partial charge in [-0.3, -0.25) is 4.79 Å². The molecular formula is C23H24ClNO6S. The fourth-order valence-corrected chi connectivity index (χ4v) is 4.38. The summed E-state index contributed by atoms with van der Waals surface area (Å²) in [6, 6.07) is 10.8. The van der Waals surface area contributed by atoms with E-state index in [1.807, 2.05) is 6.92 Å². The number of carbonyl (C=O) groups excluding carboxylic acids is 1. The molecule has 1 N–H and O–H groups in total. The molecule has 0 saturated carbocycles. The van der Waals surface area contributed by atoms with Crippen LogP contribution in [0.25, 0.3) is 11.0 Å². The largest absolute Gasteiger partial charge is 0.425 e. The molecule has 170 valence electrons. The minimum Gasteiger partial charge on any atom is -0.425 e. The van der Waals surface area contributed by atoms with E-state index in [1.54, 1.807) is 18.2 Å². The molecule has 1 heterocycles. The van der Waals surface area contributed by atoms with Crippen LogP contribution in [0.3, 0.4) is 0 Å². The molecule has 0 unspecified atom stereocenters. The SMILES string of the molecule is CCCCc1cc(=O)oc2cc(OC(=O)CCNS(=O)(=O)c3ccc(C)cc3)c(Cl)cc12. The number of unbranched alkanes of at least 4 members (excludes halogenated alkanes) is 1. The molecular weight excluding hydrogens is 454 g/mol. The lowest BCUT2D eigenvalue weighted by molar-refractivity contribution is -0.134. The maximum Gasteiger partial charge on any atom is 0.336 e. The van der Waals surface area contributed by atoms with Crippen molar-refractivity contribution in [1.29, 1.82) is 0 Å². The Balaban J connectivity index is 1.68. The van der Waals surface area contributed by atoms with E-state index >= 15 is 0 Å². The third-order valence-corrected chi connectivity index (χ3v) is 6.63. The molecule has 0 amide bonds. The molecule has 0 atom stereocenters. The smallest absolute Gasteiger partial charge is 0.336 e. The highest BCUT2D eigenvalue weighted by atomic mass is 35.5. The van der Waals surface area contributed by atoms with Crippen LogP contribution < -0.4 is 15.1 Å². The van der Waals surface area contributed by atoms with Gasteiger partial charge in [-0.15, -0.1) is 0 Å². The average Bonchev–Trinajstić information content (AvgIpc) is 2.73. The van der Waals surface area contributed by atoms with E-state index in [4.69, 9.17) is 20.8 Å². The first-order valence-electron chi connectivity index (χ1n) is 10.2. The summed E-state index contributed by atoms with van der Waals surface area (Å²) in [5.41, 5.74) is 1.54. The minimum absolute atomic E-state index is 0.0429. The lowest BCUT2D eigenvalue weighted by Gasteiger charge is -2.10. The summed E-state index contributed by atoms with van der Waals surface area (Å²) in [5.74, 6) is -0.635. The Hall–Kier alpha value is -2.68. The summed E-state index contributed by atoms with van der Waals surface area (Å²) < 4.78 is 37.5. The number of fused-ring (bicyclic) bond motifs is 1. The topological polar surface area (TPSA) is 103 Å². The number of sulfonamides is 1. The third kappa shape index (κ3) is 5.97. The van der Waals surface area contributed by atoms with E-state index in [1.165, 1.54) is 24.3 Å². The van der Waals surface area contributed by atoms with E-state index in [0.29, 0.717) is 11.8 Å². The maximum absolute atomic E-state index is 12.3. The van der Waals surface area contributed by atoms with E-state index in [2.05, 4.69) is 11.6 Å². The van der Waals surface area contributed by atoms with Crippen molar-refractivity contribution in [2.45, 2.75) is 44.4 Å². The van der Waals surface area contributed by atoms with Gasteiger partial charge in [0.25, 0.3) is 0 Å². The van der Waals surface area contributed by atoms with Gasteiger partial charge in [0.1, 0.15) is 5.58 Å². The highest BCUT2D eigenvalue weighted by molar-refractivity contribution is 7.89. The summed E-state index contributed by atoms with van der Waals surface area (Å²) >= 11 is 6.28. The minimum atomic E-state index is -3.73. The van der Waals surface area contributed by atoms with E-state index < -0.39 is 21.6 Å². The molecule has 32 heavy (non-hydrogen) atoms. The van der Waals surface area contributed by atoms with Crippen LogP contribution in [-0.2, 0) is 21.2 Å². The summed E-state index contributed by atoms with van der Waals surface area (Å²) in [5, 5.41) is 0.881. The normalized spacial score (nSPS) is 11.6. The third-order valence-electron chi connectivity index (χ3n) is 4.86. The number of aryl methyl sites for hydroxylation is 2. The van der Waals surface area contributed by atoms with Crippen LogP contribution in [0.5, 0.6) is 5.75 Å². The van der Waals surface area contributed by atoms with Crippen LogP contribution in [0.1, 0.15) is 37.3 Å². The van der Waals surface area contributed by atoms with Gasteiger partial charge in [0.15, 0.2) is 5.75 Å². The summed E-state index contributed by atoms with van der Waals surface area (Å²) in [4.78, 5) is 24.2. The van der Waals surface area contributed by atoms with Crippen LogP contribution in [0.4, 0.5) is 0 Å². The molecule has 3 rings (SSSR count). The fraction of sp³-hybridized carbons (Fsp3) is 0.304. The van der Waals surface area contributed by atoms with E-state index in [9.17, 15) is 18.0 Å². The molecule has 0 aliphatic heterocycles. The molecule has 9 heteroatoms. The molecule has 0 fully saturated rings. The zero-order chi connectivity index (χ0) is 23.3. The van der Waals surface area contributed by atoms with Crippen LogP contribution in [0.2, 0.25) is 5.02 Å². The van der Waals surface area contributed by atoms with Crippen LogP contribution >= 0.6 is 11.6 Å². The second-order valence-electron chi connectivity index (χ2n) is 7.41. The zero-order valence-corrected chi connectivity index (χ0v) is 19.4. The number of benzene rings is 2. The predicted molar refractivity (Wildman–Crippen MR) is 123 cm³/mol. The second kappa shape index (κ2) is 10.3. The van der Waals surface area contributed by atoms with E-state index in [-0.39, 0.29) is 34.2 Å². The molecule has 2 aromatic carbocycles. The molecule has 7 nitrogen and oxygen atoms in total. The predicted octanol–water partition coefficient (Wildman–Crippen LogP) is 4.37. The number of nitrogens with one attached hydrogen (secondary N) is 1. The van der Waals surface area contributed by atoms with Crippen molar-refractivity contribution in [2.75, 3.05) is 6.54 Å². The summed E-state index contributed by atoms with van der Waals surface area (Å²) in [7, 11) is -3.73. The number of hydrogen-bond acceptors (Lipinski definition) is 6. The summed E-state index contributed by atoms with van der Waals surface area (Å²) in [6.45, 7) is 3.77. The van der Waals surface area contributed by atoms with Gasteiger partial charge in [-0.1, -0.05) is 42.6 Å². The van der Waals surface area contributed by atoms with Crippen molar-refractivity contribution in [1.82, 2.24) is 4.72 Å². The van der Waals surface area contributed by atoms with Crippen molar-refractivity contribution in [3.63, 3.8) is 0 Å². The Bertz CT molecular complexity index is 1280. The number of rotatable bonds is 9. The quantitative estimate of drug-likeness (QED) is 0.279. The Morgan fingerprint density at radius 2 is 1.88 bits per heavy atom. The molecule has 3 aromatic rings. The first-order chi connectivity index (χ1) is 15.2. The highest BCUT2D eigenvalue weighted by Crippen LogP contribution is 2.32. The second-order valence-corrected chi connectivity index (χ2v) is 9.58. The number of carbonyl (C=O) groups is 1. The van der Waals surface area contributed by atoms with Crippen LogP contribution in [-0.4, -0.2) is 20.9 Å². The standard InChI is InChI=1S/C23H24ClNO6S/c1-3-4-5-16-12-23(27)30-20-14-21(19(24)13-18(16)20)31-22(26)10-11-25-32(28,29)17-8-6-15(2)7-9-17/h6-9,12-14,25H,3-5,10-11H2,1-2H3. The molecule has 0 aliphatic rings. The highest BCUT2D eigenvalue weighted by Gasteiger charge is 2.16. The maximum atomic E-state index is 12.3. The number of hydrogen-bond donors (Lipinski definition) is 1. The molecule has 0 bridgehead atoms. The summed E-state index contributed by atoms with van der Waals surface area (Å²) in [6.07, 6.45) is 2.37. The molecule has 1 aromatic heterocycles. The van der Waals surface area contributed by atoms with Gasteiger partial charge in [0, 0.05) is 24.1 Å². The van der Waals surface area contributed by atoms with Gasteiger partial charge in [-0.2, -0.15) is 0 Å². The van der Waals surface area contributed by atoms with Gasteiger partial charge in [0.2, 0.25) is 10.0 Å².